The molecular formula is C20H12Cl3F2N3O3S. The van der Waals surface area contributed by atoms with Gasteiger partial charge in [-0.3, -0.25) is 19.3 Å². The van der Waals surface area contributed by atoms with Gasteiger partial charge in [-0.1, -0.05) is 40.9 Å². The minimum atomic E-state index is -4.14. The van der Waals surface area contributed by atoms with Crippen molar-refractivity contribution in [2.45, 2.75) is 11.4 Å². The number of rotatable bonds is 5. The van der Waals surface area contributed by atoms with Crippen molar-refractivity contribution in [3.63, 3.8) is 0 Å². The Bertz CT molecular complexity index is 1530. The maximum absolute atomic E-state index is 13.5. The predicted octanol–water partition coefficient (Wildman–Crippen LogP) is 5.42. The van der Waals surface area contributed by atoms with E-state index >= 15 is 0 Å². The number of aromatic nitrogens is 2. The summed E-state index contributed by atoms with van der Waals surface area (Å²) >= 11 is 17.8. The fourth-order valence-electron chi connectivity index (χ4n) is 3.13. The van der Waals surface area contributed by atoms with Gasteiger partial charge in [-0.25, -0.2) is 17.2 Å². The van der Waals surface area contributed by atoms with E-state index in [2.05, 4.69) is 9.82 Å². The zero-order valence-electron chi connectivity index (χ0n) is 15.8. The van der Waals surface area contributed by atoms with Crippen molar-refractivity contribution in [1.82, 2.24) is 9.78 Å². The molecule has 0 atom stereocenters. The molecule has 0 aliphatic rings. The summed E-state index contributed by atoms with van der Waals surface area (Å²) in [6.07, 6.45) is 0. The number of H-pyrrole nitrogens is 1. The molecule has 4 rings (SSSR count). The third kappa shape index (κ3) is 4.33. The van der Waals surface area contributed by atoms with Crippen molar-refractivity contribution in [1.29, 1.82) is 0 Å². The Balaban J connectivity index is 1.67. The lowest BCUT2D eigenvalue weighted by Gasteiger charge is -2.11. The van der Waals surface area contributed by atoms with Crippen LogP contribution >= 0.6 is 34.8 Å². The van der Waals surface area contributed by atoms with E-state index in [1.54, 1.807) is 0 Å². The first kappa shape index (κ1) is 22.6. The number of nitrogens with one attached hydrogen (secondary N) is 2. The lowest BCUT2D eigenvalue weighted by Crippen LogP contribution is -2.13. The number of nitrogens with zero attached hydrogens (tertiary/aromatic N) is 1. The van der Waals surface area contributed by atoms with E-state index in [9.17, 15) is 22.0 Å². The van der Waals surface area contributed by atoms with Gasteiger partial charge in [0.25, 0.3) is 15.6 Å². The summed E-state index contributed by atoms with van der Waals surface area (Å²) in [5, 5.41) is 2.77. The van der Waals surface area contributed by atoms with Crippen molar-refractivity contribution < 1.29 is 17.2 Å². The van der Waals surface area contributed by atoms with E-state index in [1.165, 1.54) is 35.0 Å². The molecule has 1 aromatic heterocycles. The Morgan fingerprint density at radius 2 is 1.62 bits per heavy atom. The Morgan fingerprint density at radius 1 is 0.906 bits per heavy atom. The smallest absolute Gasteiger partial charge is 0.272 e. The standard InChI is InChI=1S/C20H12Cl3F2N3O3S/c21-13-7-15(23)19(8-14(13)22)32(30,31)27-11-2-4-18-12(6-11)20(29)26-28(18)9-10-1-3-16(24)17(25)5-10/h1-8,27H,9H2,(H,26,29). The average Bonchev–Trinajstić information content (AvgIpc) is 3.02. The Kier molecular flexibility index (Phi) is 5.93. The van der Waals surface area contributed by atoms with Crippen LogP contribution in [0.1, 0.15) is 5.56 Å². The normalized spacial score (nSPS) is 11.8. The van der Waals surface area contributed by atoms with Crippen molar-refractivity contribution in [3.05, 3.63) is 91.2 Å². The number of sulfonamides is 1. The van der Waals surface area contributed by atoms with Crippen LogP contribution in [0.2, 0.25) is 15.1 Å². The molecule has 0 bridgehead atoms. The van der Waals surface area contributed by atoms with E-state index < -0.39 is 27.2 Å². The van der Waals surface area contributed by atoms with Crippen LogP contribution in [0.5, 0.6) is 0 Å². The first-order valence-corrected chi connectivity index (χ1v) is 11.5. The van der Waals surface area contributed by atoms with E-state index in [1.807, 2.05) is 0 Å². The number of anilines is 1. The maximum Gasteiger partial charge on any atom is 0.272 e. The molecule has 32 heavy (non-hydrogen) atoms. The van der Waals surface area contributed by atoms with Crippen LogP contribution in [0.15, 0.2) is 58.2 Å². The third-order valence-electron chi connectivity index (χ3n) is 4.61. The first-order valence-electron chi connectivity index (χ1n) is 8.89. The molecule has 0 fully saturated rings. The fraction of sp³-hybridized carbons (Fsp3) is 0.0500. The molecule has 0 unspecified atom stereocenters. The van der Waals surface area contributed by atoms with Gasteiger partial charge in [-0.05, 0) is 48.0 Å². The van der Waals surface area contributed by atoms with Crippen LogP contribution < -0.4 is 10.3 Å². The molecular weight excluding hydrogens is 507 g/mol. The predicted molar refractivity (Wildman–Crippen MR) is 120 cm³/mol. The molecule has 3 aromatic carbocycles. The number of benzene rings is 3. The van der Waals surface area contributed by atoms with Gasteiger partial charge in [-0.15, -0.1) is 0 Å². The molecule has 0 saturated carbocycles. The van der Waals surface area contributed by atoms with Gasteiger partial charge in [0.1, 0.15) is 4.90 Å². The van der Waals surface area contributed by atoms with E-state index in [-0.39, 0.29) is 37.6 Å². The largest absolute Gasteiger partial charge is 0.280 e. The second kappa shape index (κ2) is 8.40. The highest BCUT2D eigenvalue weighted by Crippen LogP contribution is 2.32. The zero-order chi connectivity index (χ0) is 23.2. The van der Waals surface area contributed by atoms with Crippen LogP contribution in [0, 0.1) is 11.6 Å². The molecule has 4 aromatic rings. The van der Waals surface area contributed by atoms with E-state index in [0.717, 1.165) is 18.2 Å². The maximum atomic E-state index is 13.5. The number of hydrogen-bond acceptors (Lipinski definition) is 3. The van der Waals surface area contributed by atoms with Crippen LogP contribution in [0.25, 0.3) is 10.9 Å². The zero-order valence-corrected chi connectivity index (χ0v) is 18.9. The summed E-state index contributed by atoms with van der Waals surface area (Å²) < 4.78 is 55.9. The average molecular weight is 519 g/mol. The number of aromatic amines is 1. The van der Waals surface area contributed by atoms with Gasteiger partial charge in [0.05, 0.1) is 32.5 Å². The van der Waals surface area contributed by atoms with Gasteiger partial charge in [0.2, 0.25) is 0 Å². The molecule has 2 N–H and O–H groups in total. The van der Waals surface area contributed by atoms with Crippen LogP contribution in [-0.4, -0.2) is 18.2 Å². The minimum absolute atomic E-state index is 0.0117. The molecule has 12 heteroatoms. The van der Waals surface area contributed by atoms with E-state index in [4.69, 9.17) is 34.8 Å². The van der Waals surface area contributed by atoms with Crippen molar-refractivity contribution >= 4 is 61.4 Å². The third-order valence-corrected chi connectivity index (χ3v) is 7.18. The number of fused-ring (bicyclic) bond motifs is 1. The monoisotopic (exact) mass is 517 g/mol. The quantitative estimate of drug-likeness (QED) is 0.346. The summed E-state index contributed by atoms with van der Waals surface area (Å²) in [7, 11) is -4.14. The highest BCUT2D eigenvalue weighted by atomic mass is 35.5. The molecule has 1 heterocycles. The van der Waals surface area contributed by atoms with Crippen LogP contribution in [0.3, 0.4) is 0 Å². The molecule has 0 saturated heterocycles. The van der Waals surface area contributed by atoms with E-state index in [0.29, 0.717) is 11.1 Å². The minimum Gasteiger partial charge on any atom is -0.280 e. The molecule has 166 valence electrons. The summed E-state index contributed by atoms with van der Waals surface area (Å²) in [5.74, 6) is -1.97. The molecule has 0 aliphatic heterocycles. The summed E-state index contributed by atoms with van der Waals surface area (Å²) in [6, 6.07) is 10.1. The molecule has 0 aliphatic carbocycles. The van der Waals surface area contributed by atoms with Crippen LogP contribution in [0.4, 0.5) is 14.5 Å². The van der Waals surface area contributed by atoms with Gasteiger partial charge in [0.15, 0.2) is 11.6 Å². The summed E-state index contributed by atoms with van der Waals surface area (Å²) in [5.41, 5.74) is 0.484. The summed E-state index contributed by atoms with van der Waals surface area (Å²) in [4.78, 5) is 12.1. The second-order valence-corrected chi connectivity index (χ2v) is 9.68. The van der Waals surface area contributed by atoms with Crippen molar-refractivity contribution in [2.24, 2.45) is 0 Å². The molecule has 0 amide bonds. The lowest BCUT2D eigenvalue weighted by molar-refractivity contribution is 0.506. The van der Waals surface area contributed by atoms with Gasteiger partial charge in [0, 0.05) is 5.69 Å². The van der Waals surface area contributed by atoms with Gasteiger partial charge >= 0.3 is 0 Å². The highest BCUT2D eigenvalue weighted by Gasteiger charge is 2.21. The van der Waals surface area contributed by atoms with Crippen molar-refractivity contribution in [3.8, 4) is 0 Å². The topological polar surface area (TPSA) is 84.0 Å². The summed E-state index contributed by atoms with van der Waals surface area (Å²) in [6.45, 7) is 0.0693. The van der Waals surface area contributed by atoms with Crippen LogP contribution in [-0.2, 0) is 16.6 Å². The van der Waals surface area contributed by atoms with Gasteiger partial charge in [-0.2, -0.15) is 0 Å². The Hall–Kier alpha value is -2.59. The second-order valence-electron chi connectivity index (χ2n) is 6.81. The lowest BCUT2D eigenvalue weighted by atomic mass is 10.2. The SMILES string of the molecule is O=c1[nH]n(Cc2ccc(F)c(F)c2)c2ccc(NS(=O)(=O)c3cc(Cl)c(Cl)cc3Cl)cc12. The van der Waals surface area contributed by atoms with Gasteiger partial charge < -0.3 is 0 Å². The first-order chi connectivity index (χ1) is 15.0. The molecule has 0 radical (unpaired) electrons. The Morgan fingerprint density at radius 3 is 2.34 bits per heavy atom. The van der Waals surface area contributed by atoms with Crippen molar-refractivity contribution in [2.75, 3.05) is 4.72 Å². The molecule has 6 nitrogen and oxygen atoms in total. The number of halogens is 5. The fourth-order valence-corrected chi connectivity index (χ4v) is 5.18. The Labute approximate surface area is 195 Å². The number of hydrogen-bond donors (Lipinski definition) is 2. The highest BCUT2D eigenvalue weighted by molar-refractivity contribution is 7.92. The molecule has 0 spiro atoms.